The van der Waals surface area contributed by atoms with Crippen LogP contribution < -0.4 is 5.32 Å². The molecule has 0 heterocycles. The fourth-order valence-corrected chi connectivity index (χ4v) is 3.53. The predicted octanol–water partition coefficient (Wildman–Crippen LogP) is 4.47. The molecule has 3 rings (SSSR count). The summed E-state index contributed by atoms with van der Waals surface area (Å²) in [4.78, 5) is 0. The molecule has 2 heteroatoms. The minimum absolute atomic E-state index is 0.714. The lowest BCUT2D eigenvalue weighted by Crippen LogP contribution is -2.44. The predicted molar refractivity (Wildman–Crippen MR) is 79.8 cm³/mol. The van der Waals surface area contributed by atoms with Crippen LogP contribution in [0, 0.1) is 5.92 Å². The van der Waals surface area contributed by atoms with Crippen molar-refractivity contribution in [2.75, 3.05) is 0 Å². The van der Waals surface area contributed by atoms with E-state index in [4.69, 9.17) is 0 Å². The van der Waals surface area contributed by atoms with E-state index < -0.39 is 0 Å². The third-order valence-electron chi connectivity index (χ3n) is 4.36. The third-order valence-corrected chi connectivity index (χ3v) is 4.86. The molecule has 1 N–H and O–H groups in total. The number of nitrogens with one attached hydrogen (secondary N) is 1. The largest absolute Gasteiger partial charge is 0.311 e. The molecule has 0 amide bonds. The van der Waals surface area contributed by atoms with Crippen molar-refractivity contribution in [3.8, 4) is 0 Å². The highest BCUT2D eigenvalue weighted by molar-refractivity contribution is 9.10. The van der Waals surface area contributed by atoms with Gasteiger partial charge in [-0.2, -0.15) is 0 Å². The van der Waals surface area contributed by atoms with E-state index >= 15 is 0 Å². The number of rotatable bonds is 5. The number of hydrogen-bond donors (Lipinski definition) is 1. The van der Waals surface area contributed by atoms with Crippen molar-refractivity contribution in [1.82, 2.24) is 5.32 Å². The summed E-state index contributed by atoms with van der Waals surface area (Å²) < 4.78 is 1.21. The van der Waals surface area contributed by atoms with Crippen molar-refractivity contribution in [3.05, 3.63) is 34.3 Å². The van der Waals surface area contributed by atoms with Crippen LogP contribution in [-0.4, -0.2) is 12.1 Å². The molecule has 2 fully saturated rings. The molecule has 1 aromatic rings. The third kappa shape index (κ3) is 3.16. The highest BCUT2D eigenvalue weighted by Gasteiger charge is 2.32. The maximum atomic E-state index is 3.79. The van der Waals surface area contributed by atoms with E-state index in [1.54, 1.807) is 0 Å². The molecule has 0 saturated heterocycles. The van der Waals surface area contributed by atoms with E-state index in [2.05, 4.69) is 52.4 Å². The van der Waals surface area contributed by atoms with E-state index in [0.29, 0.717) is 6.04 Å². The Bertz CT molecular complexity index is 407. The zero-order valence-electron chi connectivity index (χ0n) is 11.0. The zero-order chi connectivity index (χ0) is 12.5. The molecular formula is C16H22BrN. The molecule has 2 aliphatic carbocycles. The van der Waals surface area contributed by atoms with Gasteiger partial charge in [-0.1, -0.05) is 40.9 Å². The molecule has 0 aliphatic heterocycles. The molecule has 1 aromatic carbocycles. The van der Waals surface area contributed by atoms with E-state index in [9.17, 15) is 0 Å². The van der Waals surface area contributed by atoms with Crippen molar-refractivity contribution in [3.63, 3.8) is 0 Å². The molecule has 1 unspecified atom stereocenters. The molecule has 0 aromatic heterocycles. The summed E-state index contributed by atoms with van der Waals surface area (Å²) in [5.74, 6) is 1.81. The van der Waals surface area contributed by atoms with Gasteiger partial charge in [0.1, 0.15) is 0 Å². The maximum Gasteiger partial charge on any atom is 0.0178 e. The van der Waals surface area contributed by atoms with Crippen LogP contribution in [0.15, 0.2) is 28.7 Å². The summed E-state index contributed by atoms with van der Waals surface area (Å²) in [6.45, 7) is 2.35. The van der Waals surface area contributed by atoms with Crippen LogP contribution in [0.1, 0.15) is 50.5 Å². The zero-order valence-corrected chi connectivity index (χ0v) is 12.6. The second kappa shape index (κ2) is 5.34. The lowest BCUT2D eigenvalue weighted by molar-refractivity contribution is 0.262. The Kier molecular flexibility index (Phi) is 3.76. The highest BCUT2D eigenvalue weighted by atomic mass is 79.9. The van der Waals surface area contributed by atoms with Crippen LogP contribution >= 0.6 is 15.9 Å². The molecule has 0 radical (unpaired) electrons. The average Bonchev–Trinajstić information content (AvgIpc) is 3.06. The number of benzene rings is 1. The van der Waals surface area contributed by atoms with Gasteiger partial charge < -0.3 is 5.32 Å². The molecular weight excluding hydrogens is 286 g/mol. The summed E-state index contributed by atoms with van der Waals surface area (Å²) in [6, 6.07) is 10.3. The lowest BCUT2D eigenvalue weighted by Gasteiger charge is -2.38. The van der Waals surface area contributed by atoms with Crippen LogP contribution in [-0.2, 0) is 0 Å². The Morgan fingerprint density at radius 1 is 1.33 bits per heavy atom. The smallest absolute Gasteiger partial charge is 0.0178 e. The molecule has 1 atom stereocenters. The van der Waals surface area contributed by atoms with E-state index in [1.807, 2.05) is 0 Å². The van der Waals surface area contributed by atoms with E-state index in [0.717, 1.165) is 17.9 Å². The molecule has 2 aliphatic rings. The summed E-state index contributed by atoms with van der Waals surface area (Å²) in [7, 11) is 0. The quantitative estimate of drug-likeness (QED) is 0.846. The van der Waals surface area contributed by atoms with Gasteiger partial charge in [-0.05, 0) is 55.7 Å². The molecule has 0 bridgehead atoms. The van der Waals surface area contributed by atoms with Crippen LogP contribution in [0.5, 0.6) is 0 Å². The normalized spacial score (nSPS) is 28.8. The van der Waals surface area contributed by atoms with Crippen molar-refractivity contribution in [2.45, 2.75) is 57.0 Å². The van der Waals surface area contributed by atoms with Gasteiger partial charge in [0.15, 0.2) is 0 Å². The fraction of sp³-hybridized carbons (Fsp3) is 0.625. The minimum Gasteiger partial charge on any atom is -0.311 e. The van der Waals surface area contributed by atoms with Crippen LogP contribution in [0.25, 0.3) is 0 Å². The van der Waals surface area contributed by atoms with Gasteiger partial charge in [0.05, 0.1) is 0 Å². The SMILES string of the molecule is CC(CC1CC1)NC1CC(c2cccc(Br)c2)C1. The monoisotopic (exact) mass is 307 g/mol. The van der Waals surface area contributed by atoms with Crippen molar-refractivity contribution in [1.29, 1.82) is 0 Å². The topological polar surface area (TPSA) is 12.0 Å². The first kappa shape index (κ1) is 12.7. The summed E-state index contributed by atoms with van der Waals surface area (Å²) in [5.41, 5.74) is 1.50. The molecule has 0 spiro atoms. The summed E-state index contributed by atoms with van der Waals surface area (Å²) in [6.07, 6.45) is 6.95. The number of hydrogen-bond acceptors (Lipinski definition) is 1. The van der Waals surface area contributed by atoms with Crippen molar-refractivity contribution >= 4 is 15.9 Å². The Morgan fingerprint density at radius 2 is 2.11 bits per heavy atom. The van der Waals surface area contributed by atoms with E-state index in [-0.39, 0.29) is 0 Å². The van der Waals surface area contributed by atoms with Crippen molar-refractivity contribution < 1.29 is 0 Å². The molecule has 98 valence electrons. The Labute approximate surface area is 118 Å². The number of halogens is 1. The van der Waals surface area contributed by atoms with Gasteiger partial charge in [-0.25, -0.2) is 0 Å². The fourth-order valence-electron chi connectivity index (χ4n) is 3.11. The molecule has 2 saturated carbocycles. The first-order valence-corrected chi connectivity index (χ1v) is 8.01. The van der Waals surface area contributed by atoms with Crippen LogP contribution in [0.2, 0.25) is 0 Å². The molecule has 18 heavy (non-hydrogen) atoms. The van der Waals surface area contributed by atoms with Crippen molar-refractivity contribution in [2.24, 2.45) is 5.92 Å². The Balaban J connectivity index is 1.44. The van der Waals surface area contributed by atoms with Gasteiger partial charge >= 0.3 is 0 Å². The second-order valence-corrected chi connectivity index (χ2v) is 7.08. The standard InChI is InChI=1S/C16H22BrN/c1-11(7-12-5-6-12)18-16-9-14(10-16)13-3-2-4-15(17)8-13/h2-4,8,11-12,14,16,18H,5-7,9-10H2,1H3. The van der Waals surface area contributed by atoms with Gasteiger partial charge in [0.25, 0.3) is 0 Å². The van der Waals surface area contributed by atoms with Gasteiger partial charge in [0.2, 0.25) is 0 Å². The average molecular weight is 308 g/mol. The van der Waals surface area contributed by atoms with Gasteiger partial charge in [-0.15, -0.1) is 0 Å². The second-order valence-electron chi connectivity index (χ2n) is 6.17. The van der Waals surface area contributed by atoms with E-state index in [1.165, 1.54) is 42.1 Å². The van der Waals surface area contributed by atoms with Crippen LogP contribution in [0.4, 0.5) is 0 Å². The Morgan fingerprint density at radius 3 is 2.78 bits per heavy atom. The Hall–Kier alpha value is -0.340. The summed E-state index contributed by atoms with van der Waals surface area (Å²) in [5, 5.41) is 3.79. The first-order chi connectivity index (χ1) is 8.70. The summed E-state index contributed by atoms with van der Waals surface area (Å²) >= 11 is 3.56. The maximum absolute atomic E-state index is 3.79. The van der Waals surface area contributed by atoms with Gasteiger partial charge in [-0.3, -0.25) is 0 Å². The molecule has 1 nitrogen and oxygen atoms in total. The first-order valence-electron chi connectivity index (χ1n) is 7.22. The minimum atomic E-state index is 0.714. The highest BCUT2D eigenvalue weighted by Crippen LogP contribution is 2.39. The lowest BCUT2D eigenvalue weighted by atomic mass is 9.75. The van der Waals surface area contributed by atoms with Crippen LogP contribution in [0.3, 0.4) is 0 Å². The van der Waals surface area contributed by atoms with Gasteiger partial charge in [0, 0.05) is 16.6 Å².